The van der Waals surface area contributed by atoms with Crippen LogP contribution < -0.4 is 4.90 Å². The van der Waals surface area contributed by atoms with Crippen LogP contribution in [0.2, 0.25) is 0 Å². The second-order valence-corrected chi connectivity index (χ2v) is 6.87. The van der Waals surface area contributed by atoms with Crippen LogP contribution in [-0.4, -0.2) is 37.0 Å². The first-order valence-corrected chi connectivity index (χ1v) is 9.04. The zero-order chi connectivity index (χ0) is 18.5. The maximum absolute atomic E-state index is 13.9. The molecular weight excluding hydrogens is 397 g/mol. The quantitative estimate of drug-likeness (QED) is 0.567. The van der Waals surface area contributed by atoms with Crippen molar-refractivity contribution < 1.29 is 9.18 Å². The number of nitrogens with zero attached hydrogens (tertiary/aromatic N) is 3. The lowest BCUT2D eigenvalue weighted by molar-refractivity contribution is -0.126. The van der Waals surface area contributed by atoms with E-state index in [1.165, 1.54) is 6.07 Å². The molecule has 0 spiro atoms. The van der Waals surface area contributed by atoms with Crippen molar-refractivity contribution in [3.8, 4) is 6.07 Å². The average molecular weight is 414 g/mol. The number of hydrogen-bond donors (Lipinski definition) is 0. The summed E-state index contributed by atoms with van der Waals surface area (Å²) >= 11 is 3.38. The van der Waals surface area contributed by atoms with Crippen LogP contribution in [-0.2, 0) is 4.79 Å². The molecule has 1 aliphatic heterocycles. The van der Waals surface area contributed by atoms with Gasteiger partial charge in [0.15, 0.2) is 0 Å². The molecule has 0 N–H and O–H groups in total. The van der Waals surface area contributed by atoms with Crippen LogP contribution in [0.25, 0.3) is 6.08 Å². The number of halogens is 2. The van der Waals surface area contributed by atoms with Gasteiger partial charge >= 0.3 is 0 Å². The fraction of sp³-hybridized carbons (Fsp3) is 0.200. The summed E-state index contributed by atoms with van der Waals surface area (Å²) in [5.74, 6) is -0.555. The minimum Gasteiger partial charge on any atom is -0.366 e. The second kappa shape index (κ2) is 8.15. The van der Waals surface area contributed by atoms with Gasteiger partial charge in [-0.3, -0.25) is 4.79 Å². The molecule has 1 aliphatic rings. The minimum absolute atomic E-state index is 0.0995. The predicted molar refractivity (Wildman–Crippen MR) is 103 cm³/mol. The highest BCUT2D eigenvalue weighted by Gasteiger charge is 2.24. The molecule has 1 heterocycles. The molecule has 1 saturated heterocycles. The van der Waals surface area contributed by atoms with Crippen LogP contribution in [0.5, 0.6) is 0 Å². The van der Waals surface area contributed by atoms with Crippen LogP contribution in [0.3, 0.4) is 0 Å². The van der Waals surface area contributed by atoms with E-state index in [0.29, 0.717) is 31.9 Å². The normalized spacial score (nSPS) is 14.9. The highest BCUT2D eigenvalue weighted by Crippen LogP contribution is 2.21. The number of amides is 1. The van der Waals surface area contributed by atoms with E-state index in [2.05, 4.69) is 15.9 Å². The molecule has 132 valence electrons. The Kier molecular flexibility index (Phi) is 5.69. The molecule has 1 fully saturated rings. The van der Waals surface area contributed by atoms with Crippen LogP contribution in [0.1, 0.15) is 5.56 Å². The number of rotatable bonds is 3. The molecule has 0 saturated carbocycles. The largest absolute Gasteiger partial charge is 0.366 e. The van der Waals surface area contributed by atoms with Crippen molar-refractivity contribution in [2.75, 3.05) is 31.1 Å². The van der Waals surface area contributed by atoms with Crippen molar-refractivity contribution in [3.63, 3.8) is 0 Å². The van der Waals surface area contributed by atoms with E-state index in [1.54, 1.807) is 29.2 Å². The fourth-order valence-electron chi connectivity index (χ4n) is 2.93. The summed E-state index contributed by atoms with van der Waals surface area (Å²) in [5.41, 5.74) is 1.43. The van der Waals surface area contributed by atoms with Gasteiger partial charge in [-0.05, 0) is 35.9 Å². The highest BCUT2D eigenvalue weighted by atomic mass is 79.9. The lowest BCUT2D eigenvalue weighted by Gasteiger charge is -2.36. The Morgan fingerprint density at radius 3 is 2.50 bits per heavy atom. The van der Waals surface area contributed by atoms with Crippen LogP contribution >= 0.6 is 15.9 Å². The number of carbonyl (C=O) groups is 1. The number of para-hydroxylation sites is 1. The number of hydrogen-bond acceptors (Lipinski definition) is 3. The fourth-order valence-corrected chi connectivity index (χ4v) is 3.35. The number of nitriles is 1. The summed E-state index contributed by atoms with van der Waals surface area (Å²) in [7, 11) is 0. The summed E-state index contributed by atoms with van der Waals surface area (Å²) in [5, 5.41) is 9.39. The maximum atomic E-state index is 13.9. The number of piperazine rings is 1. The first kappa shape index (κ1) is 18.2. The van der Waals surface area contributed by atoms with E-state index < -0.39 is 0 Å². The standard InChI is InChI=1S/C20H17BrFN3O/c21-17-5-3-4-15(13-17)12-16(14-23)20(26)25-10-8-24(9-11-25)19-7-2-1-6-18(19)22/h1-7,12-13H,8-11H2. The summed E-state index contributed by atoms with van der Waals surface area (Å²) in [6, 6.07) is 16.0. The Hall–Kier alpha value is -2.65. The average Bonchev–Trinajstić information content (AvgIpc) is 2.66. The Morgan fingerprint density at radius 1 is 1.12 bits per heavy atom. The van der Waals surface area contributed by atoms with Crippen LogP contribution in [0.15, 0.2) is 58.6 Å². The van der Waals surface area contributed by atoms with Gasteiger partial charge in [-0.2, -0.15) is 5.26 Å². The van der Waals surface area contributed by atoms with Gasteiger partial charge in [-0.15, -0.1) is 0 Å². The Bertz CT molecular complexity index is 883. The van der Waals surface area contributed by atoms with E-state index in [4.69, 9.17) is 0 Å². The van der Waals surface area contributed by atoms with Gasteiger partial charge in [-0.25, -0.2) is 4.39 Å². The number of anilines is 1. The molecule has 0 radical (unpaired) electrons. The molecule has 0 bridgehead atoms. The van der Waals surface area contributed by atoms with Gasteiger partial charge in [0.2, 0.25) is 0 Å². The third-order valence-electron chi connectivity index (χ3n) is 4.27. The third kappa shape index (κ3) is 4.12. The third-order valence-corrected chi connectivity index (χ3v) is 4.76. The van der Waals surface area contributed by atoms with Gasteiger partial charge in [0.05, 0.1) is 5.69 Å². The zero-order valence-electron chi connectivity index (χ0n) is 14.0. The Balaban J connectivity index is 1.69. The predicted octanol–water partition coefficient (Wildman–Crippen LogP) is 3.84. The monoisotopic (exact) mass is 413 g/mol. The second-order valence-electron chi connectivity index (χ2n) is 5.96. The van der Waals surface area contributed by atoms with E-state index in [0.717, 1.165) is 10.0 Å². The molecule has 1 amide bonds. The minimum atomic E-state index is -0.291. The van der Waals surface area contributed by atoms with Crippen molar-refractivity contribution in [2.45, 2.75) is 0 Å². The lowest BCUT2D eigenvalue weighted by Crippen LogP contribution is -2.49. The van der Waals surface area contributed by atoms with Crippen molar-refractivity contribution in [3.05, 3.63) is 70.0 Å². The van der Waals surface area contributed by atoms with Crippen molar-refractivity contribution in [2.24, 2.45) is 0 Å². The molecule has 6 heteroatoms. The van der Waals surface area contributed by atoms with Crippen molar-refractivity contribution in [1.29, 1.82) is 5.26 Å². The molecule has 3 rings (SSSR count). The van der Waals surface area contributed by atoms with E-state index >= 15 is 0 Å². The van der Waals surface area contributed by atoms with Crippen molar-refractivity contribution >= 4 is 33.6 Å². The smallest absolute Gasteiger partial charge is 0.264 e. The first-order chi connectivity index (χ1) is 12.6. The van der Waals surface area contributed by atoms with Gasteiger partial charge in [0.1, 0.15) is 17.5 Å². The molecule has 0 atom stereocenters. The van der Waals surface area contributed by atoms with E-state index in [9.17, 15) is 14.4 Å². The van der Waals surface area contributed by atoms with Gasteiger partial charge in [-0.1, -0.05) is 40.2 Å². The van der Waals surface area contributed by atoms with Gasteiger partial charge in [0, 0.05) is 30.7 Å². The Morgan fingerprint density at radius 2 is 1.85 bits per heavy atom. The van der Waals surface area contributed by atoms with Crippen LogP contribution in [0, 0.1) is 17.1 Å². The zero-order valence-corrected chi connectivity index (χ0v) is 15.6. The van der Waals surface area contributed by atoms with Crippen molar-refractivity contribution in [1.82, 2.24) is 4.90 Å². The first-order valence-electron chi connectivity index (χ1n) is 8.24. The molecule has 0 aliphatic carbocycles. The van der Waals surface area contributed by atoms with Gasteiger partial charge < -0.3 is 9.80 Å². The number of carbonyl (C=O) groups excluding carboxylic acids is 1. The van der Waals surface area contributed by atoms with E-state index in [-0.39, 0.29) is 17.3 Å². The topological polar surface area (TPSA) is 47.3 Å². The molecule has 0 aromatic heterocycles. The lowest BCUT2D eigenvalue weighted by atomic mass is 10.1. The Labute approximate surface area is 160 Å². The highest BCUT2D eigenvalue weighted by molar-refractivity contribution is 9.10. The maximum Gasteiger partial charge on any atom is 0.264 e. The van der Waals surface area contributed by atoms with Crippen LogP contribution in [0.4, 0.5) is 10.1 Å². The van der Waals surface area contributed by atoms with Gasteiger partial charge in [0.25, 0.3) is 5.91 Å². The summed E-state index contributed by atoms with van der Waals surface area (Å²) in [6.45, 7) is 1.96. The summed E-state index contributed by atoms with van der Waals surface area (Å²) in [4.78, 5) is 16.2. The molecule has 2 aromatic carbocycles. The summed E-state index contributed by atoms with van der Waals surface area (Å²) < 4.78 is 14.8. The molecule has 2 aromatic rings. The molecule has 26 heavy (non-hydrogen) atoms. The summed E-state index contributed by atoms with van der Waals surface area (Å²) in [6.07, 6.45) is 1.59. The molecular formula is C20H17BrFN3O. The molecule has 4 nitrogen and oxygen atoms in total. The van der Waals surface area contributed by atoms with E-state index in [1.807, 2.05) is 35.2 Å². The molecule has 0 unspecified atom stereocenters. The SMILES string of the molecule is N#CC(=Cc1cccc(Br)c1)C(=O)N1CCN(c2ccccc2F)CC1. The number of benzene rings is 2.